The summed E-state index contributed by atoms with van der Waals surface area (Å²) in [5, 5.41) is 2.95. The van der Waals surface area contributed by atoms with Crippen molar-refractivity contribution < 1.29 is 8.42 Å². The number of nitrogens with two attached hydrogens (primary N) is 1. The monoisotopic (exact) mass is 480 g/mol. The van der Waals surface area contributed by atoms with E-state index in [0.29, 0.717) is 4.21 Å². The third-order valence-electron chi connectivity index (χ3n) is 2.99. The number of hydrogen-bond acceptors (Lipinski definition) is 4. The Bertz CT molecular complexity index is 786. The van der Waals surface area contributed by atoms with Crippen molar-refractivity contribution in [3.05, 3.63) is 46.8 Å². The molecule has 0 aliphatic carbocycles. The van der Waals surface area contributed by atoms with Crippen molar-refractivity contribution in [3.8, 4) is 0 Å². The quantitative estimate of drug-likeness (QED) is 0.256. The summed E-state index contributed by atoms with van der Waals surface area (Å²) in [6.45, 7) is 4.32. The highest BCUT2D eigenvalue weighted by Crippen LogP contribution is 2.19. The molecule has 1 aromatic heterocycles. The van der Waals surface area contributed by atoms with Gasteiger partial charge in [-0.1, -0.05) is 17.7 Å². The molecule has 6 nitrogen and oxygen atoms in total. The van der Waals surface area contributed by atoms with Gasteiger partial charge >= 0.3 is 0 Å². The van der Waals surface area contributed by atoms with Gasteiger partial charge in [-0.2, -0.15) is 0 Å². The third kappa shape index (κ3) is 6.38. The molecular formula is C15H21IN4O2S2. The zero-order valence-corrected chi connectivity index (χ0v) is 17.4. The Kier molecular flexibility index (Phi) is 8.13. The Balaban J connectivity index is 0.00000288. The first kappa shape index (κ1) is 20.9. The fourth-order valence-electron chi connectivity index (χ4n) is 1.81. The lowest BCUT2D eigenvalue weighted by molar-refractivity contribution is 0.584. The normalized spacial score (nSPS) is 11.8. The third-order valence-corrected chi connectivity index (χ3v) is 5.94. The summed E-state index contributed by atoms with van der Waals surface area (Å²) >= 11 is 1.24. The topological polar surface area (TPSA) is 96.6 Å². The van der Waals surface area contributed by atoms with Crippen molar-refractivity contribution in [1.82, 2.24) is 4.72 Å². The van der Waals surface area contributed by atoms with E-state index in [4.69, 9.17) is 5.73 Å². The van der Waals surface area contributed by atoms with Gasteiger partial charge in [-0.15, -0.1) is 35.3 Å². The summed E-state index contributed by atoms with van der Waals surface area (Å²) < 4.78 is 26.9. The lowest BCUT2D eigenvalue weighted by atomic mass is 10.2. The zero-order chi connectivity index (χ0) is 16.9. The number of guanidine groups is 1. The number of benzene rings is 1. The highest BCUT2D eigenvalue weighted by Gasteiger charge is 2.14. The smallest absolute Gasteiger partial charge is 0.250 e. The van der Waals surface area contributed by atoms with E-state index in [-0.39, 0.29) is 43.0 Å². The van der Waals surface area contributed by atoms with Crippen LogP contribution in [0.5, 0.6) is 0 Å². The number of hydrogen-bond donors (Lipinski definition) is 3. The minimum Gasteiger partial charge on any atom is -0.370 e. The van der Waals surface area contributed by atoms with E-state index in [0.717, 1.165) is 16.1 Å². The fraction of sp³-hybridized carbons (Fsp3) is 0.267. The number of nitrogens with one attached hydrogen (secondary N) is 2. The van der Waals surface area contributed by atoms with Gasteiger partial charge in [0.05, 0.1) is 6.54 Å². The molecule has 0 amide bonds. The predicted molar refractivity (Wildman–Crippen MR) is 111 cm³/mol. The minimum absolute atomic E-state index is 0. The second-order valence-electron chi connectivity index (χ2n) is 5.02. The van der Waals surface area contributed by atoms with Gasteiger partial charge in [0.1, 0.15) is 4.21 Å². The maximum absolute atomic E-state index is 12.0. The molecule has 0 bridgehead atoms. The average Bonchev–Trinajstić information content (AvgIpc) is 2.94. The first-order valence-electron chi connectivity index (χ1n) is 7.06. The number of anilines is 1. The van der Waals surface area contributed by atoms with E-state index in [1.165, 1.54) is 11.3 Å². The molecular weight excluding hydrogens is 459 g/mol. The molecule has 9 heteroatoms. The maximum atomic E-state index is 12.0. The van der Waals surface area contributed by atoms with Crippen LogP contribution in [-0.4, -0.2) is 27.5 Å². The molecule has 0 aliphatic heterocycles. The molecule has 0 atom stereocenters. The van der Waals surface area contributed by atoms with Crippen LogP contribution >= 0.6 is 35.3 Å². The Morgan fingerprint density at radius 3 is 2.42 bits per heavy atom. The Labute approximate surface area is 163 Å². The van der Waals surface area contributed by atoms with Crippen molar-refractivity contribution in [3.63, 3.8) is 0 Å². The summed E-state index contributed by atoms with van der Waals surface area (Å²) in [4.78, 5) is 5.06. The van der Waals surface area contributed by atoms with Crippen LogP contribution in [0.15, 0.2) is 45.6 Å². The molecule has 0 unspecified atom stereocenters. The first-order chi connectivity index (χ1) is 10.9. The van der Waals surface area contributed by atoms with E-state index in [1.807, 2.05) is 38.1 Å². The van der Waals surface area contributed by atoms with Crippen LogP contribution in [0.1, 0.15) is 10.4 Å². The van der Waals surface area contributed by atoms with E-state index < -0.39 is 10.0 Å². The van der Waals surface area contributed by atoms with Crippen LogP contribution in [0.25, 0.3) is 0 Å². The molecule has 0 spiro atoms. The first-order valence-corrected chi connectivity index (χ1v) is 9.36. The Morgan fingerprint density at radius 2 is 1.83 bits per heavy atom. The average molecular weight is 480 g/mol. The molecule has 24 heavy (non-hydrogen) atoms. The van der Waals surface area contributed by atoms with Crippen molar-refractivity contribution >= 4 is 57.0 Å². The molecule has 1 heterocycles. The number of aliphatic imine (C=N–C) groups is 1. The Hall–Kier alpha value is -1.17. The molecule has 132 valence electrons. The van der Waals surface area contributed by atoms with E-state index in [1.54, 1.807) is 12.1 Å². The van der Waals surface area contributed by atoms with Crippen LogP contribution in [0.4, 0.5) is 5.69 Å². The van der Waals surface area contributed by atoms with E-state index in [9.17, 15) is 8.42 Å². The number of thiophene rings is 1. The fourth-order valence-corrected chi connectivity index (χ4v) is 4.16. The second kappa shape index (κ2) is 9.35. The van der Waals surface area contributed by atoms with Gasteiger partial charge in [0.25, 0.3) is 0 Å². The maximum Gasteiger partial charge on any atom is 0.250 e. The predicted octanol–water partition coefficient (Wildman–Crippen LogP) is 2.69. The summed E-state index contributed by atoms with van der Waals surface area (Å²) in [7, 11) is -3.46. The summed E-state index contributed by atoms with van der Waals surface area (Å²) in [6, 6.07) is 11.1. The van der Waals surface area contributed by atoms with Gasteiger partial charge in [-0.3, -0.25) is 4.99 Å². The lowest BCUT2D eigenvalue weighted by Gasteiger charge is -2.06. The SMILES string of the molecule is Cc1ccc(NC(N)=NCCNS(=O)(=O)c2ccc(C)s2)cc1.I. The summed E-state index contributed by atoms with van der Waals surface area (Å²) in [6.07, 6.45) is 0. The Morgan fingerprint density at radius 1 is 1.17 bits per heavy atom. The molecule has 2 rings (SSSR count). The van der Waals surface area contributed by atoms with Gasteiger partial charge in [0, 0.05) is 17.1 Å². The highest BCUT2D eigenvalue weighted by molar-refractivity contribution is 14.0. The molecule has 0 saturated carbocycles. The van der Waals surface area contributed by atoms with Gasteiger partial charge in [-0.25, -0.2) is 13.1 Å². The highest BCUT2D eigenvalue weighted by atomic mass is 127. The van der Waals surface area contributed by atoms with Crippen LogP contribution in [0.2, 0.25) is 0 Å². The van der Waals surface area contributed by atoms with Gasteiger partial charge < -0.3 is 11.1 Å². The largest absolute Gasteiger partial charge is 0.370 e. The van der Waals surface area contributed by atoms with Crippen molar-refractivity contribution in [2.75, 3.05) is 18.4 Å². The van der Waals surface area contributed by atoms with Crippen molar-refractivity contribution in [1.29, 1.82) is 0 Å². The lowest BCUT2D eigenvalue weighted by Crippen LogP contribution is -2.28. The molecule has 0 saturated heterocycles. The number of sulfonamides is 1. The van der Waals surface area contributed by atoms with Crippen LogP contribution in [-0.2, 0) is 10.0 Å². The molecule has 4 N–H and O–H groups in total. The van der Waals surface area contributed by atoms with Crippen LogP contribution in [0.3, 0.4) is 0 Å². The minimum atomic E-state index is -3.46. The van der Waals surface area contributed by atoms with Gasteiger partial charge in [0.15, 0.2) is 5.96 Å². The number of halogens is 1. The van der Waals surface area contributed by atoms with Crippen molar-refractivity contribution in [2.24, 2.45) is 10.7 Å². The van der Waals surface area contributed by atoms with Crippen LogP contribution < -0.4 is 15.8 Å². The van der Waals surface area contributed by atoms with E-state index >= 15 is 0 Å². The zero-order valence-electron chi connectivity index (χ0n) is 13.4. The summed E-state index contributed by atoms with van der Waals surface area (Å²) in [5.74, 6) is 0.250. The van der Waals surface area contributed by atoms with Crippen molar-refractivity contribution in [2.45, 2.75) is 18.1 Å². The van der Waals surface area contributed by atoms with Crippen LogP contribution in [0, 0.1) is 13.8 Å². The number of rotatable bonds is 6. The van der Waals surface area contributed by atoms with E-state index in [2.05, 4.69) is 15.0 Å². The summed E-state index contributed by atoms with van der Waals surface area (Å²) in [5.41, 5.74) is 7.77. The molecule has 0 fully saturated rings. The standard InChI is InChI=1S/C15H20N4O2S2.HI/c1-11-3-6-13(7-4-11)19-15(16)17-9-10-18-23(20,21)14-8-5-12(2)22-14;/h3-8,18H,9-10H2,1-2H3,(H3,16,17,19);1H. The molecule has 1 aromatic carbocycles. The number of nitrogens with zero attached hydrogens (tertiary/aromatic N) is 1. The van der Waals surface area contributed by atoms with Gasteiger partial charge in [0.2, 0.25) is 10.0 Å². The molecule has 2 aromatic rings. The van der Waals surface area contributed by atoms with Gasteiger partial charge in [-0.05, 0) is 38.1 Å². The second-order valence-corrected chi connectivity index (χ2v) is 8.30. The molecule has 0 aliphatic rings. The molecule has 0 radical (unpaired) electrons. The number of aryl methyl sites for hydroxylation is 2.